The summed E-state index contributed by atoms with van der Waals surface area (Å²) in [6.07, 6.45) is 16.2. The molecule has 0 aromatic carbocycles. The van der Waals surface area contributed by atoms with Crippen LogP contribution < -0.4 is 0 Å². The quantitative estimate of drug-likeness (QED) is 0.486. The molecule has 0 spiro atoms. The van der Waals surface area contributed by atoms with E-state index in [9.17, 15) is 9.60 Å². The summed E-state index contributed by atoms with van der Waals surface area (Å²) >= 11 is 0. The van der Waals surface area contributed by atoms with Gasteiger partial charge in [0.15, 0.2) is 0 Å². The fraction of sp³-hybridized carbons (Fsp3) is 0.500. The van der Waals surface area contributed by atoms with Crippen LogP contribution in [0.1, 0.15) is 57.9 Å². The SMILES string of the molecule is CC12CCC3C(CCC4=C/C(=N/O)CCC43C)C1=CC=C2c1cncc(F)c1. The number of hydrogen-bond acceptors (Lipinski definition) is 3. The fourth-order valence-corrected chi connectivity index (χ4v) is 6.62. The van der Waals surface area contributed by atoms with Crippen LogP contribution in [-0.2, 0) is 0 Å². The van der Waals surface area contributed by atoms with Gasteiger partial charge in [0, 0.05) is 11.6 Å². The van der Waals surface area contributed by atoms with Crippen molar-refractivity contribution in [3.8, 4) is 0 Å². The molecule has 4 heteroatoms. The Balaban J connectivity index is 1.48. The first-order valence-corrected chi connectivity index (χ1v) is 10.4. The summed E-state index contributed by atoms with van der Waals surface area (Å²) in [5.74, 6) is 0.932. The Morgan fingerprint density at radius 1 is 1.14 bits per heavy atom. The molecule has 1 heterocycles. The minimum absolute atomic E-state index is 0.0133. The Hall–Kier alpha value is -2.23. The van der Waals surface area contributed by atoms with E-state index in [2.05, 4.69) is 42.2 Å². The zero-order chi connectivity index (χ0) is 19.5. The molecule has 0 aliphatic heterocycles. The molecular weight excluding hydrogens is 351 g/mol. The van der Waals surface area contributed by atoms with Crippen molar-refractivity contribution in [3.63, 3.8) is 0 Å². The van der Waals surface area contributed by atoms with Crippen molar-refractivity contribution in [2.24, 2.45) is 27.8 Å². The summed E-state index contributed by atoms with van der Waals surface area (Å²) in [7, 11) is 0. The van der Waals surface area contributed by atoms with Gasteiger partial charge in [-0.3, -0.25) is 4.98 Å². The maximum Gasteiger partial charge on any atom is 0.142 e. The second-order valence-corrected chi connectivity index (χ2v) is 9.40. The van der Waals surface area contributed by atoms with Gasteiger partial charge in [0.25, 0.3) is 0 Å². The summed E-state index contributed by atoms with van der Waals surface area (Å²) < 4.78 is 13.8. The second-order valence-electron chi connectivity index (χ2n) is 9.40. The van der Waals surface area contributed by atoms with E-state index in [1.54, 1.807) is 12.3 Å². The molecule has 4 aliphatic carbocycles. The Bertz CT molecular complexity index is 959. The average Bonchev–Trinajstić information content (AvgIpc) is 3.04. The first kappa shape index (κ1) is 17.8. The highest BCUT2D eigenvalue weighted by atomic mass is 19.1. The number of nitrogens with zero attached hydrogens (tertiary/aromatic N) is 2. The van der Waals surface area contributed by atoms with Gasteiger partial charge in [-0.05, 0) is 79.1 Å². The van der Waals surface area contributed by atoms with E-state index in [-0.39, 0.29) is 16.6 Å². The number of pyridine rings is 1. The lowest BCUT2D eigenvalue weighted by Gasteiger charge is -2.56. The molecule has 4 atom stereocenters. The standard InChI is InChI=1S/C24H27FN2O/c1-23-9-7-18(27-28)12-16(23)3-4-19-21-6-5-20(15-11-17(25)14-26-13-15)24(21,2)10-8-22(19)23/h5-6,11-14,19,22,28H,3-4,7-10H2,1-2H3/b27-18+. The first-order chi connectivity index (χ1) is 13.5. The molecular formula is C24H27FN2O. The van der Waals surface area contributed by atoms with Crippen LogP contribution in [0.25, 0.3) is 5.57 Å². The molecule has 4 aliphatic rings. The Morgan fingerprint density at radius 3 is 2.79 bits per heavy atom. The van der Waals surface area contributed by atoms with E-state index in [0.717, 1.165) is 43.4 Å². The minimum Gasteiger partial charge on any atom is -0.411 e. The number of halogens is 1. The predicted octanol–water partition coefficient (Wildman–Crippen LogP) is 5.93. The van der Waals surface area contributed by atoms with Gasteiger partial charge in [-0.25, -0.2) is 4.39 Å². The van der Waals surface area contributed by atoms with Crippen LogP contribution in [0.3, 0.4) is 0 Å². The number of fused-ring (bicyclic) bond motifs is 5. The van der Waals surface area contributed by atoms with E-state index in [1.165, 1.54) is 29.3 Å². The Morgan fingerprint density at radius 2 is 2.00 bits per heavy atom. The monoisotopic (exact) mass is 378 g/mol. The number of oxime groups is 1. The first-order valence-electron chi connectivity index (χ1n) is 10.4. The van der Waals surface area contributed by atoms with Crippen LogP contribution in [0, 0.1) is 28.5 Å². The fourth-order valence-electron chi connectivity index (χ4n) is 6.62. The van der Waals surface area contributed by atoms with Crippen molar-refractivity contribution in [1.82, 2.24) is 4.98 Å². The highest BCUT2D eigenvalue weighted by Crippen LogP contribution is 2.65. The molecule has 4 unspecified atom stereocenters. The minimum atomic E-state index is -0.271. The summed E-state index contributed by atoms with van der Waals surface area (Å²) in [5, 5.41) is 12.7. The molecule has 0 bridgehead atoms. The molecule has 0 amide bonds. The van der Waals surface area contributed by atoms with Crippen molar-refractivity contribution in [2.45, 2.75) is 52.4 Å². The summed E-state index contributed by atoms with van der Waals surface area (Å²) in [6, 6.07) is 1.62. The number of allylic oxidation sites excluding steroid dienone is 6. The van der Waals surface area contributed by atoms with Crippen LogP contribution in [0.5, 0.6) is 0 Å². The molecule has 2 saturated carbocycles. The van der Waals surface area contributed by atoms with Crippen LogP contribution in [0.15, 0.2) is 53.0 Å². The molecule has 2 fully saturated rings. The third kappa shape index (κ3) is 2.39. The van der Waals surface area contributed by atoms with Gasteiger partial charge in [0.1, 0.15) is 5.82 Å². The highest BCUT2D eigenvalue weighted by Gasteiger charge is 2.54. The third-order valence-electron chi connectivity index (χ3n) is 8.16. The lowest BCUT2D eigenvalue weighted by atomic mass is 9.48. The van der Waals surface area contributed by atoms with Gasteiger partial charge in [-0.1, -0.05) is 42.3 Å². The summed E-state index contributed by atoms with van der Waals surface area (Å²) in [5.41, 5.74) is 6.15. The topological polar surface area (TPSA) is 45.5 Å². The molecule has 1 aromatic rings. The third-order valence-corrected chi connectivity index (χ3v) is 8.16. The van der Waals surface area contributed by atoms with Gasteiger partial charge in [-0.15, -0.1) is 0 Å². The number of aromatic nitrogens is 1. The molecule has 28 heavy (non-hydrogen) atoms. The van der Waals surface area contributed by atoms with Gasteiger partial charge < -0.3 is 5.21 Å². The second kappa shape index (κ2) is 6.13. The van der Waals surface area contributed by atoms with E-state index in [4.69, 9.17) is 0 Å². The molecule has 1 aromatic heterocycles. The zero-order valence-corrected chi connectivity index (χ0v) is 16.6. The van der Waals surface area contributed by atoms with E-state index in [1.807, 2.05) is 0 Å². The van der Waals surface area contributed by atoms with Crippen molar-refractivity contribution in [3.05, 3.63) is 59.2 Å². The smallest absolute Gasteiger partial charge is 0.142 e. The number of hydrogen-bond donors (Lipinski definition) is 1. The largest absolute Gasteiger partial charge is 0.411 e. The lowest BCUT2D eigenvalue weighted by molar-refractivity contribution is 0.0716. The van der Waals surface area contributed by atoms with Gasteiger partial charge >= 0.3 is 0 Å². The van der Waals surface area contributed by atoms with Crippen LogP contribution in [-0.4, -0.2) is 15.9 Å². The highest BCUT2D eigenvalue weighted by molar-refractivity contribution is 5.96. The van der Waals surface area contributed by atoms with E-state index in [0.29, 0.717) is 11.8 Å². The molecule has 5 rings (SSSR count). The van der Waals surface area contributed by atoms with Gasteiger partial charge in [-0.2, -0.15) is 0 Å². The molecule has 1 N–H and O–H groups in total. The zero-order valence-electron chi connectivity index (χ0n) is 16.6. The summed E-state index contributed by atoms with van der Waals surface area (Å²) in [6.45, 7) is 4.76. The van der Waals surface area contributed by atoms with Crippen LogP contribution in [0.4, 0.5) is 4.39 Å². The van der Waals surface area contributed by atoms with Crippen molar-refractivity contribution in [1.29, 1.82) is 0 Å². The van der Waals surface area contributed by atoms with Gasteiger partial charge in [0.2, 0.25) is 0 Å². The Kier molecular flexibility index (Phi) is 3.91. The molecule has 0 radical (unpaired) electrons. The summed E-state index contributed by atoms with van der Waals surface area (Å²) in [4.78, 5) is 4.08. The van der Waals surface area contributed by atoms with E-state index < -0.39 is 0 Å². The maximum absolute atomic E-state index is 13.8. The van der Waals surface area contributed by atoms with Gasteiger partial charge in [0.05, 0.1) is 11.9 Å². The van der Waals surface area contributed by atoms with E-state index >= 15 is 0 Å². The average molecular weight is 378 g/mol. The molecule has 146 valence electrons. The molecule has 3 nitrogen and oxygen atoms in total. The van der Waals surface area contributed by atoms with Crippen LogP contribution >= 0.6 is 0 Å². The van der Waals surface area contributed by atoms with Crippen molar-refractivity contribution >= 4 is 11.3 Å². The lowest BCUT2D eigenvalue weighted by Crippen LogP contribution is -2.47. The van der Waals surface area contributed by atoms with Crippen LogP contribution in [0.2, 0.25) is 0 Å². The molecule has 0 saturated heterocycles. The Labute approximate surface area is 165 Å². The maximum atomic E-state index is 13.8. The number of rotatable bonds is 1. The predicted molar refractivity (Wildman–Crippen MR) is 108 cm³/mol. The van der Waals surface area contributed by atoms with Crippen molar-refractivity contribution in [2.75, 3.05) is 0 Å². The normalized spacial score (nSPS) is 38.1. The van der Waals surface area contributed by atoms with Crippen molar-refractivity contribution < 1.29 is 9.60 Å².